The number of hydrogen-bond acceptors (Lipinski definition) is 2. The summed E-state index contributed by atoms with van der Waals surface area (Å²) < 4.78 is 0. The highest BCUT2D eigenvalue weighted by Crippen LogP contribution is 2.04. The first kappa shape index (κ1) is 10.2. The lowest BCUT2D eigenvalue weighted by molar-refractivity contribution is 0.658. The number of rotatable bonds is 5. The third-order valence-electron chi connectivity index (χ3n) is 2.09. The minimum Gasteiger partial charge on any atom is -0.261 e. The highest BCUT2D eigenvalue weighted by molar-refractivity contribution is 5.01. The fourth-order valence-corrected chi connectivity index (χ4v) is 1.37. The summed E-state index contributed by atoms with van der Waals surface area (Å²) in [6.07, 6.45) is 9.93. The number of hydrogen-bond donors (Lipinski definition) is 0. The fourth-order valence-electron chi connectivity index (χ4n) is 1.37. The van der Waals surface area contributed by atoms with Crippen LogP contribution in [0.4, 0.5) is 0 Å². The predicted molar refractivity (Wildman–Crippen MR) is 54.6 cm³/mol. The van der Waals surface area contributed by atoms with E-state index in [1.807, 2.05) is 13.1 Å². The molecule has 0 amide bonds. The van der Waals surface area contributed by atoms with Crippen LogP contribution in [0, 0.1) is 6.92 Å². The van der Waals surface area contributed by atoms with Crippen molar-refractivity contribution in [2.45, 2.75) is 46.0 Å². The van der Waals surface area contributed by atoms with Gasteiger partial charge in [0.25, 0.3) is 0 Å². The summed E-state index contributed by atoms with van der Waals surface area (Å²) in [6.45, 7) is 4.22. The van der Waals surface area contributed by atoms with E-state index in [1.165, 1.54) is 25.7 Å². The summed E-state index contributed by atoms with van der Waals surface area (Å²) in [7, 11) is 0. The molecule has 2 nitrogen and oxygen atoms in total. The zero-order valence-corrected chi connectivity index (χ0v) is 8.58. The molecule has 1 heterocycles. The average molecular weight is 178 g/mol. The van der Waals surface area contributed by atoms with Crippen molar-refractivity contribution < 1.29 is 0 Å². The van der Waals surface area contributed by atoms with Crippen LogP contribution in [0.15, 0.2) is 12.4 Å². The topological polar surface area (TPSA) is 25.8 Å². The zero-order chi connectivity index (χ0) is 9.52. The largest absolute Gasteiger partial charge is 0.261 e. The van der Waals surface area contributed by atoms with E-state index in [9.17, 15) is 0 Å². The third-order valence-corrected chi connectivity index (χ3v) is 2.09. The van der Waals surface area contributed by atoms with Crippen LogP contribution in [0.1, 0.15) is 44.0 Å². The van der Waals surface area contributed by atoms with Gasteiger partial charge in [0.2, 0.25) is 0 Å². The molecule has 13 heavy (non-hydrogen) atoms. The average Bonchev–Trinajstić information content (AvgIpc) is 2.13. The lowest BCUT2D eigenvalue weighted by atomic mass is 10.1. The molecule has 0 aromatic carbocycles. The van der Waals surface area contributed by atoms with E-state index in [1.54, 1.807) is 6.20 Å². The Morgan fingerprint density at radius 2 is 2.00 bits per heavy atom. The molecular formula is C11H18N2. The van der Waals surface area contributed by atoms with Gasteiger partial charge in [-0.3, -0.25) is 9.97 Å². The van der Waals surface area contributed by atoms with E-state index < -0.39 is 0 Å². The molecule has 2 heteroatoms. The molecule has 0 N–H and O–H groups in total. The molecule has 0 spiro atoms. The van der Waals surface area contributed by atoms with Gasteiger partial charge in [-0.25, -0.2) is 0 Å². The Morgan fingerprint density at radius 1 is 1.15 bits per heavy atom. The summed E-state index contributed by atoms with van der Waals surface area (Å²) in [4.78, 5) is 8.53. The van der Waals surface area contributed by atoms with Crippen LogP contribution in [0.2, 0.25) is 0 Å². The van der Waals surface area contributed by atoms with E-state index in [2.05, 4.69) is 16.9 Å². The molecule has 0 aliphatic heterocycles. The van der Waals surface area contributed by atoms with Crippen molar-refractivity contribution in [1.82, 2.24) is 9.97 Å². The molecule has 0 bridgehead atoms. The van der Waals surface area contributed by atoms with E-state index >= 15 is 0 Å². The standard InChI is InChI=1S/C11H18N2/c1-3-4-5-6-7-11-9-12-8-10(2)13-11/h8-9H,3-7H2,1-2H3. The first-order chi connectivity index (χ1) is 6.33. The Bertz CT molecular complexity index is 246. The first-order valence-corrected chi connectivity index (χ1v) is 5.10. The fraction of sp³-hybridized carbons (Fsp3) is 0.636. The minimum absolute atomic E-state index is 1.02. The smallest absolute Gasteiger partial charge is 0.0589 e. The van der Waals surface area contributed by atoms with Crippen molar-refractivity contribution in [3.8, 4) is 0 Å². The lowest BCUT2D eigenvalue weighted by Crippen LogP contribution is -1.93. The minimum atomic E-state index is 1.02. The monoisotopic (exact) mass is 178 g/mol. The molecule has 0 atom stereocenters. The van der Waals surface area contributed by atoms with Crippen molar-refractivity contribution in [2.75, 3.05) is 0 Å². The van der Waals surface area contributed by atoms with Gasteiger partial charge in [0.05, 0.1) is 11.4 Å². The summed E-state index contributed by atoms with van der Waals surface area (Å²) in [5, 5.41) is 0. The molecule has 0 unspecified atom stereocenters. The van der Waals surface area contributed by atoms with E-state index in [4.69, 9.17) is 0 Å². The van der Waals surface area contributed by atoms with Crippen molar-refractivity contribution in [1.29, 1.82) is 0 Å². The molecule has 1 rings (SSSR count). The molecule has 72 valence electrons. The Labute approximate surface area is 80.4 Å². The Kier molecular flexibility index (Phi) is 4.44. The van der Waals surface area contributed by atoms with Gasteiger partial charge in [0.1, 0.15) is 0 Å². The second-order valence-corrected chi connectivity index (χ2v) is 3.46. The second-order valence-electron chi connectivity index (χ2n) is 3.46. The molecule has 0 aliphatic carbocycles. The highest BCUT2D eigenvalue weighted by Gasteiger charge is 1.95. The van der Waals surface area contributed by atoms with E-state index in [-0.39, 0.29) is 0 Å². The van der Waals surface area contributed by atoms with Crippen molar-refractivity contribution in [3.05, 3.63) is 23.8 Å². The van der Waals surface area contributed by atoms with Crippen LogP contribution >= 0.6 is 0 Å². The second kappa shape index (κ2) is 5.68. The Morgan fingerprint density at radius 3 is 2.69 bits per heavy atom. The maximum absolute atomic E-state index is 4.41. The normalized spacial score (nSPS) is 10.3. The summed E-state index contributed by atoms with van der Waals surface area (Å²) in [5.41, 5.74) is 2.16. The van der Waals surface area contributed by atoms with Crippen LogP contribution < -0.4 is 0 Å². The van der Waals surface area contributed by atoms with Crippen molar-refractivity contribution in [3.63, 3.8) is 0 Å². The van der Waals surface area contributed by atoms with Gasteiger partial charge in [0.15, 0.2) is 0 Å². The van der Waals surface area contributed by atoms with E-state index in [0.29, 0.717) is 0 Å². The first-order valence-electron chi connectivity index (χ1n) is 5.10. The molecular weight excluding hydrogens is 160 g/mol. The third kappa shape index (κ3) is 4.02. The van der Waals surface area contributed by atoms with Gasteiger partial charge in [-0.1, -0.05) is 26.2 Å². The number of unbranched alkanes of at least 4 members (excludes halogenated alkanes) is 3. The molecule has 0 fully saturated rings. The molecule has 0 saturated carbocycles. The van der Waals surface area contributed by atoms with Gasteiger partial charge in [-0.2, -0.15) is 0 Å². The summed E-state index contributed by atoms with van der Waals surface area (Å²) in [6, 6.07) is 0. The van der Waals surface area contributed by atoms with Gasteiger partial charge in [-0.05, 0) is 19.8 Å². The van der Waals surface area contributed by atoms with Crippen molar-refractivity contribution in [2.24, 2.45) is 0 Å². The molecule has 0 saturated heterocycles. The van der Waals surface area contributed by atoms with Crippen molar-refractivity contribution >= 4 is 0 Å². The quantitative estimate of drug-likeness (QED) is 0.648. The van der Waals surface area contributed by atoms with Crippen LogP contribution in [0.3, 0.4) is 0 Å². The number of aryl methyl sites for hydroxylation is 2. The van der Waals surface area contributed by atoms with Crippen LogP contribution in [0.25, 0.3) is 0 Å². The van der Waals surface area contributed by atoms with Crippen LogP contribution in [-0.2, 0) is 6.42 Å². The Balaban J connectivity index is 2.28. The van der Waals surface area contributed by atoms with Gasteiger partial charge >= 0.3 is 0 Å². The molecule has 0 radical (unpaired) electrons. The number of nitrogens with zero attached hydrogens (tertiary/aromatic N) is 2. The Hall–Kier alpha value is -0.920. The maximum Gasteiger partial charge on any atom is 0.0589 e. The molecule has 1 aromatic rings. The maximum atomic E-state index is 4.41. The predicted octanol–water partition coefficient (Wildman–Crippen LogP) is 2.91. The van der Waals surface area contributed by atoms with Gasteiger partial charge < -0.3 is 0 Å². The lowest BCUT2D eigenvalue weighted by Gasteiger charge is -2.00. The molecule has 1 aromatic heterocycles. The summed E-state index contributed by atoms with van der Waals surface area (Å²) >= 11 is 0. The van der Waals surface area contributed by atoms with Crippen LogP contribution in [-0.4, -0.2) is 9.97 Å². The summed E-state index contributed by atoms with van der Waals surface area (Å²) in [5.74, 6) is 0. The van der Waals surface area contributed by atoms with E-state index in [0.717, 1.165) is 17.8 Å². The number of aromatic nitrogens is 2. The van der Waals surface area contributed by atoms with Crippen LogP contribution in [0.5, 0.6) is 0 Å². The SMILES string of the molecule is CCCCCCc1cncc(C)n1. The highest BCUT2D eigenvalue weighted by atomic mass is 14.8. The van der Waals surface area contributed by atoms with Gasteiger partial charge in [0, 0.05) is 12.4 Å². The zero-order valence-electron chi connectivity index (χ0n) is 8.58. The molecule has 0 aliphatic rings. The van der Waals surface area contributed by atoms with Gasteiger partial charge in [-0.15, -0.1) is 0 Å².